The average Bonchev–Trinajstić information content (AvgIpc) is 3.19. The second kappa shape index (κ2) is 6.78. The van der Waals surface area contributed by atoms with E-state index in [-0.39, 0.29) is 23.7 Å². The van der Waals surface area contributed by atoms with Crippen molar-refractivity contribution >= 4 is 23.5 Å². The van der Waals surface area contributed by atoms with E-state index >= 15 is 0 Å². The molecule has 2 aliphatic heterocycles. The molecule has 1 aromatic rings. The van der Waals surface area contributed by atoms with Gasteiger partial charge in [-0.25, -0.2) is 4.79 Å². The maximum Gasteiger partial charge on any atom is 0.319 e. The summed E-state index contributed by atoms with van der Waals surface area (Å²) in [5.41, 5.74) is 0.919. The SMILES string of the molecule is Cc1[nH]nc(C(=O)NC2CCN(C(=O)N3CCCC3)CC2)c1Cl. The molecular weight excluding hydrogens is 318 g/mol. The van der Waals surface area contributed by atoms with Gasteiger partial charge in [0.05, 0.1) is 10.7 Å². The van der Waals surface area contributed by atoms with Crippen LogP contribution in [0.1, 0.15) is 41.9 Å². The van der Waals surface area contributed by atoms with Gasteiger partial charge in [0, 0.05) is 32.2 Å². The van der Waals surface area contributed by atoms with Crippen LogP contribution in [0.3, 0.4) is 0 Å². The minimum Gasteiger partial charge on any atom is -0.348 e. The molecule has 2 N–H and O–H groups in total. The Labute approximate surface area is 140 Å². The molecule has 126 valence electrons. The highest BCUT2D eigenvalue weighted by atomic mass is 35.5. The Morgan fingerprint density at radius 2 is 1.78 bits per heavy atom. The Balaban J connectivity index is 1.50. The number of likely N-dealkylation sites (tertiary alicyclic amines) is 2. The molecule has 0 unspecified atom stereocenters. The zero-order chi connectivity index (χ0) is 16.4. The van der Waals surface area contributed by atoms with E-state index in [2.05, 4.69) is 15.5 Å². The molecule has 0 aliphatic carbocycles. The van der Waals surface area contributed by atoms with Gasteiger partial charge in [0.2, 0.25) is 0 Å². The first kappa shape index (κ1) is 16.1. The Bertz CT molecular complexity index is 589. The molecule has 3 amide bonds. The number of halogens is 1. The molecule has 7 nitrogen and oxygen atoms in total. The van der Waals surface area contributed by atoms with Crippen LogP contribution >= 0.6 is 11.6 Å². The number of urea groups is 1. The Morgan fingerprint density at radius 3 is 2.35 bits per heavy atom. The van der Waals surface area contributed by atoms with Crippen LogP contribution in [0.25, 0.3) is 0 Å². The molecule has 0 atom stereocenters. The number of carbonyl (C=O) groups excluding carboxylic acids is 2. The van der Waals surface area contributed by atoms with Crippen molar-refractivity contribution in [2.75, 3.05) is 26.2 Å². The van der Waals surface area contributed by atoms with Gasteiger partial charge in [-0.05, 0) is 32.6 Å². The van der Waals surface area contributed by atoms with Gasteiger partial charge in [-0.15, -0.1) is 0 Å². The maximum atomic E-state index is 12.3. The van der Waals surface area contributed by atoms with E-state index in [9.17, 15) is 9.59 Å². The fourth-order valence-electron chi connectivity index (χ4n) is 3.14. The molecule has 0 radical (unpaired) electrons. The highest BCUT2D eigenvalue weighted by Crippen LogP contribution is 2.19. The van der Waals surface area contributed by atoms with Gasteiger partial charge in [0.15, 0.2) is 5.69 Å². The van der Waals surface area contributed by atoms with Gasteiger partial charge in [0.25, 0.3) is 5.91 Å². The second-order valence-electron chi connectivity index (χ2n) is 6.22. The van der Waals surface area contributed by atoms with E-state index in [1.54, 1.807) is 6.92 Å². The van der Waals surface area contributed by atoms with Gasteiger partial charge in [-0.1, -0.05) is 11.6 Å². The van der Waals surface area contributed by atoms with Crippen molar-refractivity contribution < 1.29 is 9.59 Å². The molecule has 3 heterocycles. The highest BCUT2D eigenvalue weighted by molar-refractivity contribution is 6.34. The molecule has 0 bridgehead atoms. The molecule has 1 aromatic heterocycles. The molecule has 0 spiro atoms. The molecule has 2 aliphatic rings. The van der Waals surface area contributed by atoms with Crippen molar-refractivity contribution in [3.63, 3.8) is 0 Å². The van der Waals surface area contributed by atoms with E-state index in [0.29, 0.717) is 23.8 Å². The lowest BCUT2D eigenvalue weighted by molar-refractivity contribution is 0.0908. The normalized spacial score (nSPS) is 19.2. The predicted molar refractivity (Wildman–Crippen MR) is 86.6 cm³/mol. The predicted octanol–water partition coefficient (Wildman–Crippen LogP) is 1.78. The van der Waals surface area contributed by atoms with Gasteiger partial charge >= 0.3 is 6.03 Å². The van der Waals surface area contributed by atoms with E-state index in [1.165, 1.54) is 0 Å². The largest absolute Gasteiger partial charge is 0.348 e. The number of rotatable bonds is 2. The molecule has 0 aromatic carbocycles. The minimum absolute atomic E-state index is 0.0539. The first-order chi connectivity index (χ1) is 11.1. The van der Waals surface area contributed by atoms with E-state index in [4.69, 9.17) is 11.6 Å². The van der Waals surface area contributed by atoms with Crippen molar-refractivity contribution in [2.45, 2.75) is 38.6 Å². The zero-order valence-electron chi connectivity index (χ0n) is 13.3. The topological polar surface area (TPSA) is 81.3 Å². The van der Waals surface area contributed by atoms with Gasteiger partial charge < -0.3 is 15.1 Å². The monoisotopic (exact) mass is 339 g/mol. The summed E-state index contributed by atoms with van der Waals surface area (Å²) in [6.45, 7) is 4.86. The second-order valence-corrected chi connectivity index (χ2v) is 6.60. The van der Waals surface area contributed by atoms with Crippen molar-refractivity contribution in [3.8, 4) is 0 Å². The Hall–Kier alpha value is -1.76. The van der Waals surface area contributed by atoms with Crippen molar-refractivity contribution in [1.82, 2.24) is 25.3 Å². The van der Waals surface area contributed by atoms with Crippen molar-refractivity contribution in [1.29, 1.82) is 0 Å². The molecule has 23 heavy (non-hydrogen) atoms. The minimum atomic E-state index is -0.260. The fourth-order valence-corrected chi connectivity index (χ4v) is 3.31. The van der Waals surface area contributed by atoms with Crippen LogP contribution < -0.4 is 5.32 Å². The zero-order valence-corrected chi connectivity index (χ0v) is 14.0. The third-order valence-corrected chi connectivity index (χ3v) is 5.03. The average molecular weight is 340 g/mol. The number of nitrogens with one attached hydrogen (secondary N) is 2. The summed E-state index contributed by atoms with van der Waals surface area (Å²) < 4.78 is 0. The molecular formula is C15H22ClN5O2. The van der Waals surface area contributed by atoms with Crippen molar-refractivity contribution in [2.24, 2.45) is 0 Å². The van der Waals surface area contributed by atoms with Gasteiger partial charge in [-0.3, -0.25) is 9.89 Å². The van der Waals surface area contributed by atoms with Gasteiger partial charge in [0.1, 0.15) is 0 Å². The maximum absolute atomic E-state index is 12.3. The lowest BCUT2D eigenvalue weighted by Crippen LogP contribution is -2.50. The fraction of sp³-hybridized carbons (Fsp3) is 0.667. The molecule has 2 fully saturated rings. The van der Waals surface area contributed by atoms with Crippen molar-refractivity contribution in [3.05, 3.63) is 16.4 Å². The third kappa shape index (κ3) is 3.44. The number of carbonyl (C=O) groups is 2. The summed E-state index contributed by atoms with van der Waals surface area (Å²) in [6.07, 6.45) is 3.71. The summed E-state index contributed by atoms with van der Waals surface area (Å²) in [6, 6.07) is 0.191. The number of hydrogen-bond donors (Lipinski definition) is 2. The summed E-state index contributed by atoms with van der Waals surface area (Å²) in [5.74, 6) is -0.260. The van der Waals surface area contributed by atoms with Crippen LogP contribution in [0.2, 0.25) is 5.02 Å². The lowest BCUT2D eigenvalue weighted by Gasteiger charge is -2.34. The van der Waals surface area contributed by atoms with Gasteiger partial charge in [-0.2, -0.15) is 5.10 Å². The van der Waals surface area contributed by atoms with Crippen LogP contribution in [0.5, 0.6) is 0 Å². The van der Waals surface area contributed by atoms with Crippen LogP contribution in [-0.4, -0.2) is 64.2 Å². The van der Waals surface area contributed by atoms with E-state index < -0.39 is 0 Å². The Kier molecular flexibility index (Phi) is 4.75. The lowest BCUT2D eigenvalue weighted by atomic mass is 10.1. The summed E-state index contributed by atoms with van der Waals surface area (Å²) in [5, 5.41) is 9.97. The number of piperidine rings is 1. The Morgan fingerprint density at radius 1 is 1.17 bits per heavy atom. The summed E-state index contributed by atoms with van der Waals surface area (Å²) in [4.78, 5) is 28.3. The molecule has 8 heteroatoms. The standard InChI is InChI=1S/C15H22ClN5O2/c1-10-12(16)13(19-18-10)14(22)17-11-4-8-21(9-5-11)15(23)20-6-2-3-7-20/h11H,2-9H2,1H3,(H,17,22)(H,18,19). The third-order valence-electron chi connectivity index (χ3n) is 4.56. The number of hydrogen-bond acceptors (Lipinski definition) is 3. The quantitative estimate of drug-likeness (QED) is 0.861. The first-order valence-electron chi connectivity index (χ1n) is 8.11. The number of aryl methyl sites for hydroxylation is 1. The van der Waals surface area contributed by atoms with Crippen LogP contribution in [0, 0.1) is 6.92 Å². The summed E-state index contributed by atoms with van der Waals surface area (Å²) >= 11 is 6.05. The van der Waals surface area contributed by atoms with E-state index in [1.807, 2.05) is 9.80 Å². The van der Waals surface area contributed by atoms with Crippen LogP contribution in [0.15, 0.2) is 0 Å². The summed E-state index contributed by atoms with van der Waals surface area (Å²) in [7, 11) is 0. The number of aromatic nitrogens is 2. The van der Waals surface area contributed by atoms with E-state index in [0.717, 1.165) is 38.8 Å². The molecule has 3 rings (SSSR count). The number of nitrogens with zero attached hydrogens (tertiary/aromatic N) is 3. The molecule has 2 saturated heterocycles. The number of aromatic amines is 1. The highest BCUT2D eigenvalue weighted by Gasteiger charge is 2.29. The number of amides is 3. The van der Waals surface area contributed by atoms with Crippen LogP contribution in [0.4, 0.5) is 4.79 Å². The van der Waals surface area contributed by atoms with Crippen LogP contribution in [-0.2, 0) is 0 Å². The molecule has 0 saturated carbocycles. The number of H-pyrrole nitrogens is 1. The smallest absolute Gasteiger partial charge is 0.319 e. The first-order valence-corrected chi connectivity index (χ1v) is 8.49.